The highest BCUT2D eigenvalue weighted by Crippen LogP contribution is 2.36. The molecule has 0 aliphatic carbocycles. The third-order valence-corrected chi connectivity index (χ3v) is 4.57. The zero-order valence-corrected chi connectivity index (χ0v) is 14.0. The van der Waals surface area contributed by atoms with Crippen LogP contribution in [-0.2, 0) is 9.47 Å². The normalized spacial score (nSPS) is 23.4. The van der Waals surface area contributed by atoms with Crippen LogP contribution in [0.4, 0.5) is 0 Å². The third-order valence-electron chi connectivity index (χ3n) is 4.57. The summed E-state index contributed by atoms with van der Waals surface area (Å²) in [4.78, 5) is 2.37. The van der Waals surface area contributed by atoms with Gasteiger partial charge in [-0.1, -0.05) is 30.3 Å². The van der Waals surface area contributed by atoms with Crippen molar-refractivity contribution in [1.82, 2.24) is 4.90 Å². The summed E-state index contributed by atoms with van der Waals surface area (Å²) >= 11 is 0. The van der Waals surface area contributed by atoms with E-state index < -0.39 is 5.79 Å². The number of hydrogen-bond acceptors (Lipinski definition) is 4. The second-order valence-electron chi connectivity index (χ2n) is 5.89. The summed E-state index contributed by atoms with van der Waals surface area (Å²) in [6.07, 6.45) is 1.55. The highest BCUT2D eigenvalue weighted by molar-refractivity contribution is 5.19. The number of ether oxygens (including phenoxy) is 2. The summed E-state index contributed by atoms with van der Waals surface area (Å²) in [7, 11) is 0. The van der Waals surface area contributed by atoms with Crippen molar-refractivity contribution in [1.29, 1.82) is 0 Å². The van der Waals surface area contributed by atoms with E-state index in [-0.39, 0.29) is 18.7 Å². The Morgan fingerprint density at radius 3 is 2.41 bits per heavy atom. The minimum absolute atomic E-state index is 0.0575. The Morgan fingerprint density at radius 2 is 1.86 bits per heavy atom. The molecule has 0 amide bonds. The summed E-state index contributed by atoms with van der Waals surface area (Å²) in [6.45, 7) is 8.44. The largest absolute Gasteiger partial charge is 0.395 e. The molecule has 1 N–H and O–H groups in total. The van der Waals surface area contributed by atoms with Gasteiger partial charge in [-0.15, -0.1) is 0 Å². The van der Waals surface area contributed by atoms with Crippen molar-refractivity contribution in [2.24, 2.45) is 0 Å². The van der Waals surface area contributed by atoms with Gasteiger partial charge in [0.2, 0.25) is 0 Å². The van der Waals surface area contributed by atoms with Gasteiger partial charge in [-0.3, -0.25) is 4.90 Å². The van der Waals surface area contributed by atoms with Crippen molar-refractivity contribution in [2.45, 2.75) is 51.5 Å². The molecule has 1 aromatic carbocycles. The van der Waals surface area contributed by atoms with E-state index in [2.05, 4.69) is 36.1 Å². The number of aliphatic hydroxyl groups excluding tert-OH is 1. The van der Waals surface area contributed by atoms with Crippen LogP contribution < -0.4 is 0 Å². The molecule has 1 saturated heterocycles. The van der Waals surface area contributed by atoms with Crippen LogP contribution >= 0.6 is 0 Å². The fraction of sp³-hybridized carbons (Fsp3) is 0.667. The van der Waals surface area contributed by atoms with Crippen LogP contribution in [0.1, 0.15) is 45.2 Å². The lowest BCUT2D eigenvalue weighted by Crippen LogP contribution is -2.54. The molecule has 1 heterocycles. The Bertz CT molecular complexity index is 431. The minimum Gasteiger partial charge on any atom is -0.395 e. The van der Waals surface area contributed by atoms with E-state index in [0.29, 0.717) is 19.6 Å². The van der Waals surface area contributed by atoms with E-state index in [9.17, 15) is 5.11 Å². The molecule has 22 heavy (non-hydrogen) atoms. The molecule has 1 fully saturated rings. The second kappa shape index (κ2) is 8.06. The average molecular weight is 307 g/mol. The number of rotatable bonds is 7. The molecule has 0 bridgehead atoms. The third kappa shape index (κ3) is 3.87. The molecule has 124 valence electrons. The number of piperidine rings is 1. The van der Waals surface area contributed by atoms with Crippen LogP contribution in [0.25, 0.3) is 0 Å². The number of benzene rings is 1. The first-order chi connectivity index (χ1) is 10.7. The van der Waals surface area contributed by atoms with E-state index in [4.69, 9.17) is 9.47 Å². The SMILES string of the molecule is CCOC1(OCC)CCN(C(C)c2ccccc2)[C@@H](CO)C1. The molecule has 1 aromatic rings. The van der Waals surface area contributed by atoms with Crippen molar-refractivity contribution in [3.8, 4) is 0 Å². The van der Waals surface area contributed by atoms with Crippen molar-refractivity contribution < 1.29 is 14.6 Å². The van der Waals surface area contributed by atoms with Gasteiger partial charge in [0.25, 0.3) is 0 Å². The maximum atomic E-state index is 9.87. The maximum Gasteiger partial charge on any atom is 0.171 e. The van der Waals surface area contributed by atoms with Gasteiger partial charge in [0.05, 0.1) is 6.61 Å². The Morgan fingerprint density at radius 1 is 1.23 bits per heavy atom. The summed E-state index contributed by atoms with van der Waals surface area (Å²) in [5, 5.41) is 9.87. The van der Waals surface area contributed by atoms with Gasteiger partial charge < -0.3 is 14.6 Å². The molecule has 4 heteroatoms. The molecule has 1 aliphatic rings. The predicted molar refractivity (Wildman–Crippen MR) is 87.7 cm³/mol. The Kier molecular flexibility index (Phi) is 6.38. The van der Waals surface area contributed by atoms with Gasteiger partial charge in [0.1, 0.15) is 0 Å². The monoisotopic (exact) mass is 307 g/mol. The number of likely N-dealkylation sites (tertiary alicyclic amines) is 1. The molecule has 1 aliphatic heterocycles. The minimum atomic E-state index is -0.538. The van der Waals surface area contributed by atoms with Crippen LogP contribution in [-0.4, -0.2) is 48.2 Å². The Hall–Kier alpha value is -0.940. The Labute approximate surface area is 134 Å². The molecule has 0 spiro atoms. The molecular formula is C18H29NO3. The predicted octanol–water partition coefficient (Wildman–Crippen LogP) is 2.97. The quantitative estimate of drug-likeness (QED) is 0.786. The van der Waals surface area contributed by atoms with Gasteiger partial charge in [-0.05, 0) is 26.3 Å². The number of hydrogen-bond donors (Lipinski definition) is 1. The lowest BCUT2D eigenvalue weighted by atomic mass is 9.92. The average Bonchev–Trinajstić information content (AvgIpc) is 2.55. The summed E-state index contributed by atoms with van der Waals surface area (Å²) < 4.78 is 11.8. The lowest BCUT2D eigenvalue weighted by molar-refractivity contribution is -0.265. The van der Waals surface area contributed by atoms with Crippen LogP contribution in [0.15, 0.2) is 30.3 Å². The first-order valence-electron chi connectivity index (χ1n) is 8.35. The molecular weight excluding hydrogens is 278 g/mol. The zero-order valence-electron chi connectivity index (χ0n) is 14.0. The summed E-state index contributed by atoms with van der Waals surface area (Å²) in [5.74, 6) is -0.538. The van der Waals surface area contributed by atoms with Gasteiger partial charge in [0, 0.05) is 44.7 Å². The van der Waals surface area contributed by atoms with Gasteiger partial charge in [-0.25, -0.2) is 0 Å². The number of aliphatic hydroxyl groups is 1. The summed E-state index contributed by atoms with van der Waals surface area (Å²) in [5.41, 5.74) is 1.28. The van der Waals surface area contributed by atoms with Crippen molar-refractivity contribution in [3.63, 3.8) is 0 Å². The van der Waals surface area contributed by atoms with E-state index in [1.807, 2.05) is 19.9 Å². The van der Waals surface area contributed by atoms with Crippen molar-refractivity contribution in [3.05, 3.63) is 35.9 Å². The van der Waals surface area contributed by atoms with Crippen LogP contribution in [0.2, 0.25) is 0 Å². The second-order valence-corrected chi connectivity index (χ2v) is 5.89. The molecule has 0 saturated carbocycles. The molecule has 2 rings (SSSR count). The first-order valence-corrected chi connectivity index (χ1v) is 8.35. The van der Waals surface area contributed by atoms with Crippen LogP contribution in [0.5, 0.6) is 0 Å². The lowest BCUT2D eigenvalue weighted by Gasteiger charge is -2.47. The van der Waals surface area contributed by atoms with E-state index >= 15 is 0 Å². The molecule has 4 nitrogen and oxygen atoms in total. The molecule has 0 aromatic heterocycles. The maximum absolute atomic E-state index is 9.87. The molecule has 1 unspecified atom stereocenters. The van der Waals surface area contributed by atoms with Gasteiger partial charge in [-0.2, -0.15) is 0 Å². The smallest absolute Gasteiger partial charge is 0.171 e. The van der Waals surface area contributed by atoms with Gasteiger partial charge >= 0.3 is 0 Å². The first kappa shape index (κ1) is 17.4. The highest BCUT2D eigenvalue weighted by atomic mass is 16.7. The topological polar surface area (TPSA) is 41.9 Å². The highest BCUT2D eigenvalue weighted by Gasteiger charge is 2.42. The molecule has 0 radical (unpaired) electrons. The zero-order chi connectivity index (χ0) is 16.0. The van der Waals surface area contributed by atoms with E-state index in [0.717, 1.165) is 13.0 Å². The van der Waals surface area contributed by atoms with E-state index in [1.165, 1.54) is 5.56 Å². The Balaban J connectivity index is 2.12. The van der Waals surface area contributed by atoms with Crippen molar-refractivity contribution in [2.75, 3.05) is 26.4 Å². The van der Waals surface area contributed by atoms with Crippen LogP contribution in [0, 0.1) is 0 Å². The number of nitrogens with zero attached hydrogens (tertiary/aromatic N) is 1. The summed E-state index contributed by atoms with van der Waals surface area (Å²) in [6, 6.07) is 10.8. The standard InChI is InChI=1S/C18H29NO3/c1-4-21-18(22-5-2)11-12-19(17(13-18)14-20)15(3)16-9-7-6-8-10-16/h6-10,15,17,20H,4-5,11-14H2,1-3H3/t15?,17-/m1/s1. The fourth-order valence-corrected chi connectivity index (χ4v) is 3.49. The van der Waals surface area contributed by atoms with Gasteiger partial charge in [0.15, 0.2) is 5.79 Å². The van der Waals surface area contributed by atoms with Crippen LogP contribution in [0.3, 0.4) is 0 Å². The van der Waals surface area contributed by atoms with E-state index in [1.54, 1.807) is 0 Å². The van der Waals surface area contributed by atoms with Crippen molar-refractivity contribution >= 4 is 0 Å². The molecule has 2 atom stereocenters. The fourth-order valence-electron chi connectivity index (χ4n) is 3.49.